The highest BCUT2D eigenvalue weighted by molar-refractivity contribution is 6.34. The second-order valence-electron chi connectivity index (χ2n) is 13.2. The number of para-hydroxylation sites is 1. The van der Waals surface area contributed by atoms with Crippen LogP contribution < -0.4 is 14.5 Å². The molecule has 6 atom stereocenters. The molecule has 2 aromatic carbocycles. The highest BCUT2D eigenvalue weighted by atomic mass is 35.5. The first-order valence-electron chi connectivity index (χ1n) is 16.1. The number of aliphatic hydroxyl groups excluding tert-OH is 1. The molecule has 2 saturated heterocycles. The number of anilines is 2. The summed E-state index contributed by atoms with van der Waals surface area (Å²) in [6.45, 7) is 10.3. The fraction of sp³-hybridized carbons (Fsp3) is 0.472. The summed E-state index contributed by atoms with van der Waals surface area (Å²) in [7, 11) is 0. The minimum absolute atomic E-state index is 0.128. The largest absolute Gasteiger partial charge is 0.494 e. The summed E-state index contributed by atoms with van der Waals surface area (Å²) in [5.74, 6) is -2.10. The molecular formula is C36H42ClN3O6. The number of nitrogens with zero attached hydrogens (tertiary/aromatic N) is 3. The fourth-order valence-electron chi connectivity index (χ4n) is 7.96. The molecule has 4 heterocycles. The number of hydrogen-bond acceptors (Lipinski definition) is 6. The molecule has 2 aromatic rings. The zero-order valence-corrected chi connectivity index (χ0v) is 27.7. The van der Waals surface area contributed by atoms with Gasteiger partial charge in [-0.1, -0.05) is 61.9 Å². The van der Waals surface area contributed by atoms with Gasteiger partial charge in [0.15, 0.2) is 0 Å². The van der Waals surface area contributed by atoms with Gasteiger partial charge in [0.05, 0.1) is 47.4 Å². The van der Waals surface area contributed by atoms with Gasteiger partial charge in [0, 0.05) is 18.8 Å². The Balaban J connectivity index is 1.48. The molecule has 46 heavy (non-hydrogen) atoms. The Kier molecular flexibility index (Phi) is 8.54. The van der Waals surface area contributed by atoms with Gasteiger partial charge in [-0.05, 0) is 69.0 Å². The van der Waals surface area contributed by atoms with Gasteiger partial charge in [-0.2, -0.15) is 0 Å². The van der Waals surface area contributed by atoms with Gasteiger partial charge in [-0.3, -0.25) is 14.4 Å². The summed E-state index contributed by atoms with van der Waals surface area (Å²) in [5, 5.41) is 11.1. The second-order valence-corrected chi connectivity index (χ2v) is 13.7. The molecule has 2 fully saturated rings. The lowest BCUT2D eigenvalue weighted by molar-refractivity contribution is -0.148. The monoisotopic (exact) mass is 647 g/mol. The number of carbonyl (C=O) groups excluding carboxylic acids is 3. The van der Waals surface area contributed by atoms with Gasteiger partial charge >= 0.3 is 0 Å². The third kappa shape index (κ3) is 5.04. The molecule has 0 bridgehead atoms. The van der Waals surface area contributed by atoms with Crippen molar-refractivity contribution in [3.05, 3.63) is 77.4 Å². The van der Waals surface area contributed by atoms with Crippen LogP contribution in [0.25, 0.3) is 0 Å². The summed E-state index contributed by atoms with van der Waals surface area (Å²) < 4.78 is 12.6. The van der Waals surface area contributed by atoms with Gasteiger partial charge in [-0.25, -0.2) is 0 Å². The third-order valence-corrected chi connectivity index (χ3v) is 10.1. The van der Waals surface area contributed by atoms with Crippen molar-refractivity contribution in [2.45, 2.75) is 64.3 Å². The molecule has 9 nitrogen and oxygen atoms in total. The van der Waals surface area contributed by atoms with Crippen LogP contribution in [0.5, 0.6) is 5.75 Å². The van der Waals surface area contributed by atoms with Gasteiger partial charge in [-0.15, -0.1) is 0 Å². The van der Waals surface area contributed by atoms with Crippen LogP contribution in [0.3, 0.4) is 0 Å². The zero-order valence-electron chi connectivity index (χ0n) is 27.0. The van der Waals surface area contributed by atoms with Crippen LogP contribution in [-0.4, -0.2) is 77.3 Å². The first-order valence-corrected chi connectivity index (χ1v) is 16.4. The molecule has 0 aliphatic carbocycles. The summed E-state index contributed by atoms with van der Waals surface area (Å²) in [5.41, 5.74) is -0.583. The van der Waals surface area contributed by atoms with Crippen LogP contribution in [0.1, 0.15) is 39.7 Å². The number of amides is 3. The average molecular weight is 648 g/mol. The predicted octanol–water partition coefficient (Wildman–Crippen LogP) is 4.93. The first kappa shape index (κ1) is 32.3. The van der Waals surface area contributed by atoms with E-state index in [9.17, 15) is 19.5 Å². The van der Waals surface area contributed by atoms with Crippen LogP contribution in [0.4, 0.5) is 11.4 Å². The molecular weight excluding hydrogens is 606 g/mol. The Morgan fingerprint density at radius 1 is 0.978 bits per heavy atom. The maximum Gasteiger partial charge on any atom is 0.253 e. The first-order chi connectivity index (χ1) is 22.0. The van der Waals surface area contributed by atoms with Crippen LogP contribution in [-0.2, 0) is 19.1 Å². The smallest absolute Gasteiger partial charge is 0.253 e. The van der Waals surface area contributed by atoms with Crippen molar-refractivity contribution < 1.29 is 29.0 Å². The summed E-state index contributed by atoms with van der Waals surface area (Å²) in [6.07, 6.45) is 7.88. The molecule has 10 heteroatoms. The number of fused-ring (bicyclic) bond motifs is 2. The molecule has 1 unspecified atom stereocenters. The molecule has 3 amide bonds. The predicted molar refractivity (Wildman–Crippen MR) is 177 cm³/mol. The molecule has 4 aliphatic rings. The number of halogens is 1. The van der Waals surface area contributed by atoms with Crippen molar-refractivity contribution in [1.29, 1.82) is 0 Å². The van der Waals surface area contributed by atoms with E-state index in [-0.39, 0.29) is 36.8 Å². The van der Waals surface area contributed by atoms with Crippen molar-refractivity contribution in [1.82, 2.24) is 4.90 Å². The topological polar surface area (TPSA) is 99.6 Å². The lowest BCUT2D eigenvalue weighted by atomic mass is 9.74. The number of ether oxygens (including phenoxy) is 2. The van der Waals surface area contributed by atoms with E-state index in [1.165, 1.54) is 4.90 Å². The number of likely N-dealkylation sites (tertiary alicyclic amines) is 1. The van der Waals surface area contributed by atoms with E-state index in [1.807, 2.05) is 95.3 Å². The average Bonchev–Trinajstić information content (AvgIpc) is 3.29. The number of rotatable bonds is 8. The van der Waals surface area contributed by atoms with Crippen LogP contribution >= 0.6 is 11.6 Å². The Morgan fingerprint density at radius 2 is 1.67 bits per heavy atom. The summed E-state index contributed by atoms with van der Waals surface area (Å²) >= 11 is 6.68. The Labute approximate surface area is 275 Å². The van der Waals surface area contributed by atoms with Crippen LogP contribution in [0, 0.1) is 24.7 Å². The van der Waals surface area contributed by atoms with E-state index in [1.54, 1.807) is 15.9 Å². The maximum absolute atomic E-state index is 14.9. The summed E-state index contributed by atoms with van der Waals surface area (Å²) in [4.78, 5) is 49.2. The highest BCUT2D eigenvalue weighted by Gasteiger charge is 2.75. The Morgan fingerprint density at radius 3 is 2.33 bits per heavy atom. The molecule has 0 saturated carbocycles. The normalized spacial score (nSPS) is 29.5. The van der Waals surface area contributed by atoms with Crippen molar-refractivity contribution >= 4 is 40.7 Å². The van der Waals surface area contributed by atoms with E-state index >= 15 is 0 Å². The van der Waals surface area contributed by atoms with E-state index < -0.39 is 35.1 Å². The molecule has 6 rings (SSSR count). The van der Waals surface area contributed by atoms with E-state index in [0.717, 1.165) is 5.56 Å². The van der Waals surface area contributed by atoms with E-state index in [2.05, 4.69) is 0 Å². The number of aliphatic hydroxyl groups is 1. The molecule has 1 spiro atoms. The highest BCUT2D eigenvalue weighted by Crippen LogP contribution is 2.58. The van der Waals surface area contributed by atoms with Crippen LogP contribution in [0.15, 0.2) is 66.8 Å². The molecule has 244 valence electrons. The minimum Gasteiger partial charge on any atom is -0.494 e. The van der Waals surface area contributed by atoms with Crippen molar-refractivity contribution in [2.75, 3.05) is 36.1 Å². The number of carbonyl (C=O) groups is 3. The molecule has 0 aromatic heterocycles. The zero-order chi connectivity index (χ0) is 33.0. The van der Waals surface area contributed by atoms with Crippen LogP contribution in [0.2, 0.25) is 5.02 Å². The Hall–Kier alpha value is -3.66. The van der Waals surface area contributed by atoms with Crippen molar-refractivity contribution in [3.63, 3.8) is 0 Å². The SMILES string of the molecule is CCOc1ccc(N2CC=C[C@@]3(C)O[C@]45C=CCN(c6c(C)cccc6Cl)C(=O)C4N([C@@H](CO)CC(C)C)C(=O)[C@@H]5[C@H]3C2=O)cc1. The number of benzene rings is 2. The standard InChI is InChI=1S/C36H42ClN3O6/c1-6-45-26-14-12-24(13-15-26)38-18-8-16-35(5)28(32(38)42)29-33(43)40(25(21-41)20-22(2)3)31-34(44)39(19-9-17-36(29,31)46-35)30-23(4)10-7-11-27(30)37/h7-17,22,25,28-29,31,41H,6,18-21H2,1-5H3/t25-,28+,29+,31?,35-,36+/m1/s1. The van der Waals surface area contributed by atoms with E-state index in [4.69, 9.17) is 21.1 Å². The van der Waals surface area contributed by atoms with Gasteiger partial charge < -0.3 is 29.3 Å². The molecule has 0 radical (unpaired) electrons. The summed E-state index contributed by atoms with van der Waals surface area (Å²) in [6, 6.07) is 11.0. The minimum atomic E-state index is -1.45. The van der Waals surface area contributed by atoms with E-state index in [0.29, 0.717) is 41.7 Å². The second kappa shape index (κ2) is 12.2. The number of aryl methyl sites for hydroxylation is 1. The fourth-order valence-corrected chi connectivity index (χ4v) is 8.28. The third-order valence-electron chi connectivity index (χ3n) is 9.76. The quantitative estimate of drug-likeness (QED) is 0.408. The lowest BCUT2D eigenvalue weighted by Gasteiger charge is -2.40. The van der Waals surface area contributed by atoms with Gasteiger partial charge in [0.2, 0.25) is 11.8 Å². The van der Waals surface area contributed by atoms with Crippen molar-refractivity contribution in [3.8, 4) is 5.75 Å². The molecule has 4 aliphatic heterocycles. The van der Waals surface area contributed by atoms with Crippen molar-refractivity contribution in [2.24, 2.45) is 17.8 Å². The maximum atomic E-state index is 14.9. The lowest BCUT2D eigenvalue weighted by Crippen LogP contribution is -2.59. The molecule has 1 N–H and O–H groups in total. The number of hydrogen-bond donors (Lipinski definition) is 1. The Bertz CT molecular complexity index is 1570. The van der Waals surface area contributed by atoms with Gasteiger partial charge in [0.1, 0.15) is 17.4 Å². The van der Waals surface area contributed by atoms with Gasteiger partial charge in [0.25, 0.3) is 5.91 Å².